The molecule has 1 fully saturated rings. The van der Waals surface area contributed by atoms with E-state index in [4.69, 9.17) is 16.3 Å². The number of methoxy groups -OCH3 is 1. The minimum Gasteiger partial charge on any atom is -0.495 e. The van der Waals surface area contributed by atoms with Gasteiger partial charge in [-0.05, 0) is 69.3 Å². The summed E-state index contributed by atoms with van der Waals surface area (Å²) in [6.45, 7) is 3.04. The van der Waals surface area contributed by atoms with Gasteiger partial charge in [-0.25, -0.2) is 0 Å². The molecule has 0 bridgehead atoms. The molecule has 2 aromatic rings. The van der Waals surface area contributed by atoms with Crippen molar-refractivity contribution >= 4 is 29.2 Å². The van der Waals surface area contributed by atoms with Crippen LogP contribution in [0.15, 0.2) is 41.4 Å². The van der Waals surface area contributed by atoms with Crippen LogP contribution in [0, 0.1) is 0 Å². The van der Waals surface area contributed by atoms with E-state index >= 15 is 0 Å². The van der Waals surface area contributed by atoms with Crippen LogP contribution in [0.1, 0.15) is 24.0 Å². The molecule has 1 atom stereocenters. The number of anilines is 2. The normalized spacial score (nSPS) is 19.5. The Labute approximate surface area is 210 Å². The van der Waals surface area contributed by atoms with E-state index in [-0.39, 0.29) is 23.0 Å². The second-order valence-corrected chi connectivity index (χ2v) is 9.87. The molecule has 4 rings (SSSR count). The molecule has 1 saturated heterocycles. The number of halogens is 4. The van der Waals surface area contributed by atoms with Gasteiger partial charge in [0, 0.05) is 48.7 Å². The van der Waals surface area contributed by atoms with Crippen LogP contribution in [0.5, 0.6) is 5.75 Å². The number of ether oxygens (including phenoxy) is 1. The molecule has 0 amide bonds. The molecule has 9 heteroatoms. The van der Waals surface area contributed by atoms with Crippen LogP contribution in [0.3, 0.4) is 0 Å². The third kappa shape index (κ3) is 6.04. The average Bonchev–Trinajstić information content (AvgIpc) is 2.83. The summed E-state index contributed by atoms with van der Waals surface area (Å²) in [7, 11) is 5.91. The summed E-state index contributed by atoms with van der Waals surface area (Å²) < 4.78 is 46.3. The van der Waals surface area contributed by atoms with Crippen LogP contribution in [-0.2, 0) is 12.6 Å². The van der Waals surface area contributed by atoms with Gasteiger partial charge in [-0.2, -0.15) is 13.2 Å². The van der Waals surface area contributed by atoms with Gasteiger partial charge in [-0.15, -0.1) is 0 Å². The summed E-state index contributed by atoms with van der Waals surface area (Å²) in [5.74, 6) is 0.755. The SMILES string of the molecule is COc1cc(N2CCC(N(C)C)CC2)ccc1N1CC=NC(Cc2cc(Cl)ccc2C(F)(F)F)C1. The molecule has 2 aliphatic heterocycles. The van der Waals surface area contributed by atoms with Crippen molar-refractivity contribution in [2.24, 2.45) is 4.99 Å². The molecule has 1 unspecified atom stereocenters. The fourth-order valence-corrected chi connectivity index (χ4v) is 5.21. The van der Waals surface area contributed by atoms with E-state index in [9.17, 15) is 13.2 Å². The highest BCUT2D eigenvalue weighted by Gasteiger charge is 2.34. The second-order valence-electron chi connectivity index (χ2n) is 9.43. The van der Waals surface area contributed by atoms with Gasteiger partial charge in [0.15, 0.2) is 0 Å². The maximum Gasteiger partial charge on any atom is 0.416 e. The van der Waals surface area contributed by atoms with Crippen molar-refractivity contribution in [3.63, 3.8) is 0 Å². The van der Waals surface area contributed by atoms with E-state index in [0.717, 1.165) is 49.1 Å². The van der Waals surface area contributed by atoms with Gasteiger partial charge in [0.1, 0.15) is 5.75 Å². The Morgan fingerprint density at radius 3 is 2.49 bits per heavy atom. The maximum atomic E-state index is 13.5. The Balaban J connectivity index is 1.49. The molecule has 0 aromatic heterocycles. The third-order valence-corrected chi connectivity index (χ3v) is 7.18. The van der Waals surface area contributed by atoms with Crippen LogP contribution < -0.4 is 14.5 Å². The van der Waals surface area contributed by atoms with Gasteiger partial charge in [-0.3, -0.25) is 4.99 Å². The van der Waals surface area contributed by atoms with Gasteiger partial charge < -0.3 is 19.4 Å². The zero-order chi connectivity index (χ0) is 25.2. The molecule has 2 heterocycles. The topological polar surface area (TPSA) is 31.3 Å². The predicted molar refractivity (Wildman–Crippen MR) is 137 cm³/mol. The molecule has 0 aliphatic carbocycles. The molecule has 2 aromatic carbocycles. The van der Waals surface area contributed by atoms with E-state index in [1.807, 2.05) is 6.07 Å². The molecule has 0 saturated carbocycles. The van der Waals surface area contributed by atoms with Crippen molar-refractivity contribution < 1.29 is 17.9 Å². The first-order valence-corrected chi connectivity index (χ1v) is 12.2. The number of benzene rings is 2. The molecular weight excluding hydrogens is 477 g/mol. The summed E-state index contributed by atoms with van der Waals surface area (Å²) in [6.07, 6.45) is -0.275. The molecule has 0 N–H and O–H groups in total. The number of alkyl halides is 3. The van der Waals surface area contributed by atoms with E-state index < -0.39 is 11.7 Å². The van der Waals surface area contributed by atoms with Crippen molar-refractivity contribution in [2.75, 3.05) is 57.2 Å². The number of nitrogens with zero attached hydrogens (tertiary/aromatic N) is 4. The smallest absolute Gasteiger partial charge is 0.416 e. The zero-order valence-corrected chi connectivity index (χ0v) is 21.1. The van der Waals surface area contributed by atoms with Crippen LogP contribution in [0.2, 0.25) is 5.02 Å². The lowest BCUT2D eigenvalue weighted by Crippen LogP contribution is -2.42. The molecular formula is C26H32ClF3N4O. The second kappa shape index (κ2) is 10.7. The van der Waals surface area contributed by atoms with Crippen LogP contribution in [-0.4, -0.2) is 70.6 Å². The Kier molecular flexibility index (Phi) is 7.81. The van der Waals surface area contributed by atoms with Crippen molar-refractivity contribution in [1.82, 2.24) is 4.90 Å². The lowest BCUT2D eigenvalue weighted by atomic mass is 9.99. The number of hydrogen-bond donors (Lipinski definition) is 0. The summed E-state index contributed by atoms with van der Waals surface area (Å²) in [6, 6.07) is 10.2. The highest BCUT2D eigenvalue weighted by molar-refractivity contribution is 6.30. The van der Waals surface area contributed by atoms with E-state index in [1.54, 1.807) is 13.3 Å². The Bertz CT molecular complexity index is 1050. The molecule has 5 nitrogen and oxygen atoms in total. The van der Waals surface area contributed by atoms with Crippen molar-refractivity contribution in [1.29, 1.82) is 0 Å². The Morgan fingerprint density at radius 2 is 1.83 bits per heavy atom. The largest absolute Gasteiger partial charge is 0.495 e. The van der Waals surface area contributed by atoms with Gasteiger partial charge in [0.25, 0.3) is 0 Å². The molecule has 0 spiro atoms. The summed E-state index contributed by atoms with van der Waals surface area (Å²) in [5.41, 5.74) is 1.54. The predicted octanol–water partition coefficient (Wildman–Crippen LogP) is 5.40. The van der Waals surface area contributed by atoms with Crippen LogP contribution >= 0.6 is 11.6 Å². The molecule has 35 heavy (non-hydrogen) atoms. The van der Waals surface area contributed by atoms with Crippen molar-refractivity contribution in [2.45, 2.75) is 37.5 Å². The van der Waals surface area contributed by atoms with Gasteiger partial charge in [0.05, 0.1) is 30.9 Å². The lowest BCUT2D eigenvalue weighted by molar-refractivity contribution is -0.138. The van der Waals surface area contributed by atoms with Gasteiger partial charge >= 0.3 is 6.18 Å². The highest BCUT2D eigenvalue weighted by atomic mass is 35.5. The lowest BCUT2D eigenvalue weighted by Gasteiger charge is -2.37. The first-order chi connectivity index (χ1) is 16.7. The minimum atomic E-state index is -4.43. The molecule has 190 valence electrons. The molecule has 0 radical (unpaired) electrons. The first-order valence-electron chi connectivity index (χ1n) is 11.9. The van der Waals surface area contributed by atoms with E-state index in [2.05, 4.69) is 45.9 Å². The number of piperidine rings is 1. The fraction of sp³-hybridized carbons (Fsp3) is 0.500. The summed E-state index contributed by atoms with van der Waals surface area (Å²) in [4.78, 5) is 11.3. The Morgan fingerprint density at radius 1 is 1.09 bits per heavy atom. The summed E-state index contributed by atoms with van der Waals surface area (Å²) >= 11 is 6.01. The quantitative estimate of drug-likeness (QED) is 0.523. The standard InChI is InChI=1S/C26H32ClF3N4O/c1-32(2)21-8-11-33(12-9-21)22-5-7-24(25(16-22)35-3)34-13-10-31-20(17-34)15-18-14-19(27)4-6-23(18)26(28,29)30/h4-7,10,14,16,20-21H,8-9,11-13,15,17H2,1-3H3. The van der Waals surface area contributed by atoms with E-state index in [0.29, 0.717) is 19.1 Å². The Hall–Kier alpha value is -2.45. The first kappa shape index (κ1) is 25.6. The third-order valence-electron chi connectivity index (χ3n) is 6.94. The summed E-state index contributed by atoms with van der Waals surface area (Å²) in [5, 5.41) is 0.288. The average molecular weight is 509 g/mol. The van der Waals surface area contributed by atoms with Crippen LogP contribution in [0.4, 0.5) is 24.5 Å². The number of rotatable bonds is 6. The number of hydrogen-bond acceptors (Lipinski definition) is 5. The monoisotopic (exact) mass is 508 g/mol. The minimum absolute atomic E-state index is 0.156. The molecule has 2 aliphatic rings. The van der Waals surface area contributed by atoms with Crippen molar-refractivity contribution in [3.05, 3.63) is 52.5 Å². The number of aliphatic imine (C=N–C) groups is 1. The highest BCUT2D eigenvalue weighted by Crippen LogP contribution is 2.36. The van der Waals surface area contributed by atoms with E-state index in [1.165, 1.54) is 12.1 Å². The maximum absolute atomic E-state index is 13.5. The fourth-order valence-electron chi connectivity index (χ4n) is 5.01. The van der Waals surface area contributed by atoms with Crippen LogP contribution in [0.25, 0.3) is 0 Å². The van der Waals surface area contributed by atoms with Crippen molar-refractivity contribution in [3.8, 4) is 5.75 Å². The zero-order valence-electron chi connectivity index (χ0n) is 20.4. The van der Waals surface area contributed by atoms with Gasteiger partial charge in [-0.1, -0.05) is 11.6 Å². The van der Waals surface area contributed by atoms with Gasteiger partial charge in [0.2, 0.25) is 0 Å².